The van der Waals surface area contributed by atoms with E-state index in [1.165, 1.54) is 35.2 Å². The van der Waals surface area contributed by atoms with E-state index in [2.05, 4.69) is 15.3 Å². The fourth-order valence-corrected chi connectivity index (χ4v) is 3.33. The van der Waals surface area contributed by atoms with Gasteiger partial charge >= 0.3 is 6.03 Å². The first-order valence-electron chi connectivity index (χ1n) is 9.15. The first-order chi connectivity index (χ1) is 14.0. The Labute approximate surface area is 165 Å². The zero-order valence-electron chi connectivity index (χ0n) is 15.4. The number of hydrogen-bond donors (Lipinski definition) is 2. The van der Waals surface area contributed by atoms with Gasteiger partial charge in [0.15, 0.2) is 0 Å². The van der Waals surface area contributed by atoms with Crippen molar-refractivity contribution >= 4 is 11.7 Å². The molecule has 0 bridgehead atoms. The van der Waals surface area contributed by atoms with E-state index < -0.39 is 11.8 Å². The number of aromatic amines is 1. The molecule has 0 atom stereocenters. The topological polar surface area (TPSA) is 78.1 Å². The van der Waals surface area contributed by atoms with Crippen LogP contribution in [0.25, 0.3) is 0 Å². The molecule has 1 aliphatic rings. The van der Waals surface area contributed by atoms with Crippen molar-refractivity contribution in [2.75, 3.05) is 11.9 Å². The minimum atomic E-state index is -0.528. The smallest absolute Gasteiger partial charge is 0.320 e. The number of urea groups is 1. The SMILES string of the molecule is O=C(Nc1ccccc1F)N1CCc2nc(Cc3cccc(F)c3)[nH]c(=O)c2C1. The highest BCUT2D eigenvalue weighted by Gasteiger charge is 2.25. The Balaban J connectivity index is 1.50. The highest BCUT2D eigenvalue weighted by Crippen LogP contribution is 2.18. The molecule has 0 fully saturated rings. The third-order valence-corrected chi connectivity index (χ3v) is 4.78. The number of aromatic nitrogens is 2. The highest BCUT2D eigenvalue weighted by atomic mass is 19.1. The summed E-state index contributed by atoms with van der Waals surface area (Å²) in [6, 6.07) is 11.5. The number of halogens is 2. The van der Waals surface area contributed by atoms with Crippen LogP contribution in [0.15, 0.2) is 53.3 Å². The van der Waals surface area contributed by atoms with Crippen LogP contribution in [0.2, 0.25) is 0 Å². The minimum absolute atomic E-state index is 0.0815. The second-order valence-corrected chi connectivity index (χ2v) is 6.83. The van der Waals surface area contributed by atoms with Crippen LogP contribution in [0.4, 0.5) is 19.3 Å². The van der Waals surface area contributed by atoms with E-state index in [1.807, 2.05) is 0 Å². The summed E-state index contributed by atoms with van der Waals surface area (Å²) in [5.74, 6) is -0.428. The summed E-state index contributed by atoms with van der Waals surface area (Å²) in [6.45, 7) is 0.432. The van der Waals surface area contributed by atoms with Crippen LogP contribution in [0.1, 0.15) is 22.6 Å². The molecule has 0 radical (unpaired) electrons. The fourth-order valence-electron chi connectivity index (χ4n) is 3.33. The van der Waals surface area contributed by atoms with E-state index in [9.17, 15) is 18.4 Å². The van der Waals surface area contributed by atoms with Crippen LogP contribution in [-0.2, 0) is 19.4 Å². The zero-order valence-corrected chi connectivity index (χ0v) is 15.4. The fraction of sp³-hybridized carbons (Fsp3) is 0.190. The van der Waals surface area contributed by atoms with Crippen molar-refractivity contribution in [3.63, 3.8) is 0 Å². The maximum absolute atomic E-state index is 13.7. The minimum Gasteiger partial charge on any atom is -0.320 e. The molecule has 1 aliphatic heterocycles. The van der Waals surface area contributed by atoms with E-state index in [0.29, 0.717) is 42.0 Å². The van der Waals surface area contributed by atoms with Gasteiger partial charge in [0.1, 0.15) is 17.5 Å². The van der Waals surface area contributed by atoms with Crippen molar-refractivity contribution in [2.45, 2.75) is 19.4 Å². The number of anilines is 1. The average Bonchev–Trinajstić information content (AvgIpc) is 2.69. The Morgan fingerprint density at radius 3 is 2.79 bits per heavy atom. The molecule has 2 aromatic carbocycles. The third kappa shape index (κ3) is 4.16. The maximum Gasteiger partial charge on any atom is 0.322 e. The monoisotopic (exact) mass is 396 g/mol. The second kappa shape index (κ2) is 7.83. The van der Waals surface area contributed by atoms with Gasteiger partial charge in [-0.3, -0.25) is 4.79 Å². The second-order valence-electron chi connectivity index (χ2n) is 6.83. The molecular formula is C21H18F2N4O2. The lowest BCUT2D eigenvalue weighted by molar-refractivity contribution is 0.205. The number of fused-ring (bicyclic) bond motifs is 1. The molecule has 2 amide bonds. The standard InChI is InChI=1S/C21H18F2N4O2/c22-14-5-3-4-13(10-14)11-19-24-17-8-9-27(12-15(17)20(28)26-19)21(29)25-18-7-2-1-6-16(18)23/h1-7,10H,8-9,11-12H2,(H,25,29)(H,24,26,28). The average molecular weight is 396 g/mol. The summed E-state index contributed by atoms with van der Waals surface area (Å²) >= 11 is 0. The first-order valence-corrected chi connectivity index (χ1v) is 9.15. The normalized spacial score (nSPS) is 13.1. The van der Waals surface area contributed by atoms with Crippen LogP contribution in [0, 0.1) is 11.6 Å². The van der Waals surface area contributed by atoms with Crippen LogP contribution in [0.5, 0.6) is 0 Å². The Bertz CT molecular complexity index is 1130. The van der Waals surface area contributed by atoms with Crippen LogP contribution in [0.3, 0.4) is 0 Å². The van der Waals surface area contributed by atoms with Crippen LogP contribution in [-0.4, -0.2) is 27.4 Å². The number of carbonyl (C=O) groups is 1. The first kappa shape index (κ1) is 18.8. The van der Waals surface area contributed by atoms with Crippen molar-refractivity contribution in [3.8, 4) is 0 Å². The molecule has 2 N–H and O–H groups in total. The van der Waals surface area contributed by atoms with Gasteiger partial charge in [0.25, 0.3) is 5.56 Å². The summed E-state index contributed by atoms with van der Waals surface area (Å²) < 4.78 is 27.1. The lowest BCUT2D eigenvalue weighted by Gasteiger charge is -2.28. The zero-order chi connectivity index (χ0) is 20.4. The molecular weight excluding hydrogens is 378 g/mol. The summed E-state index contributed by atoms with van der Waals surface area (Å²) in [4.78, 5) is 33.6. The van der Waals surface area contributed by atoms with Gasteiger partial charge in [-0.15, -0.1) is 0 Å². The van der Waals surface area contributed by atoms with Gasteiger partial charge in [0.05, 0.1) is 23.5 Å². The Morgan fingerprint density at radius 2 is 2.00 bits per heavy atom. The molecule has 8 heteroatoms. The van der Waals surface area contributed by atoms with E-state index in [4.69, 9.17) is 0 Å². The van der Waals surface area contributed by atoms with Crippen molar-refractivity contribution in [1.29, 1.82) is 0 Å². The molecule has 2 heterocycles. The molecule has 29 heavy (non-hydrogen) atoms. The lowest BCUT2D eigenvalue weighted by Crippen LogP contribution is -2.42. The van der Waals surface area contributed by atoms with Gasteiger partial charge in [-0.1, -0.05) is 24.3 Å². The van der Waals surface area contributed by atoms with Gasteiger partial charge in [-0.05, 0) is 29.8 Å². The molecule has 0 unspecified atom stereocenters. The van der Waals surface area contributed by atoms with Crippen molar-refractivity contribution < 1.29 is 13.6 Å². The summed E-state index contributed by atoms with van der Waals surface area (Å²) in [5.41, 5.74) is 1.48. The summed E-state index contributed by atoms with van der Waals surface area (Å²) in [5, 5.41) is 2.52. The quantitative estimate of drug-likeness (QED) is 0.714. The van der Waals surface area contributed by atoms with Crippen LogP contribution < -0.4 is 10.9 Å². The van der Waals surface area contributed by atoms with Gasteiger partial charge in [0.2, 0.25) is 0 Å². The van der Waals surface area contributed by atoms with Crippen molar-refractivity contribution in [3.05, 3.63) is 93.2 Å². The number of H-pyrrole nitrogens is 1. The predicted octanol–water partition coefficient (Wildman–Crippen LogP) is 3.23. The number of nitrogens with one attached hydrogen (secondary N) is 2. The predicted molar refractivity (Wildman–Crippen MR) is 104 cm³/mol. The lowest BCUT2D eigenvalue weighted by atomic mass is 10.1. The van der Waals surface area contributed by atoms with Crippen molar-refractivity contribution in [1.82, 2.24) is 14.9 Å². The molecule has 0 saturated carbocycles. The molecule has 148 valence electrons. The molecule has 0 aliphatic carbocycles. The number of benzene rings is 2. The molecule has 1 aromatic heterocycles. The molecule has 0 spiro atoms. The van der Waals surface area contributed by atoms with E-state index in [0.717, 1.165) is 0 Å². The number of rotatable bonds is 3. The number of hydrogen-bond acceptors (Lipinski definition) is 3. The van der Waals surface area contributed by atoms with Crippen molar-refractivity contribution in [2.24, 2.45) is 0 Å². The molecule has 4 rings (SSSR count). The van der Waals surface area contributed by atoms with Gasteiger partial charge < -0.3 is 15.2 Å². The Kier molecular flexibility index (Phi) is 5.07. The van der Waals surface area contributed by atoms with E-state index >= 15 is 0 Å². The molecule has 0 saturated heterocycles. The Morgan fingerprint density at radius 1 is 1.17 bits per heavy atom. The van der Waals surface area contributed by atoms with E-state index in [1.54, 1.807) is 18.2 Å². The summed E-state index contributed by atoms with van der Waals surface area (Å²) in [6.07, 6.45) is 0.706. The van der Waals surface area contributed by atoms with Gasteiger partial charge in [-0.2, -0.15) is 0 Å². The van der Waals surface area contributed by atoms with Gasteiger partial charge in [-0.25, -0.2) is 18.6 Å². The molecule has 3 aromatic rings. The number of amides is 2. The number of carbonyl (C=O) groups excluding carboxylic acids is 1. The van der Waals surface area contributed by atoms with E-state index in [-0.39, 0.29) is 23.6 Å². The summed E-state index contributed by atoms with van der Waals surface area (Å²) in [7, 11) is 0. The number of para-hydroxylation sites is 1. The van der Waals surface area contributed by atoms with Crippen LogP contribution >= 0.6 is 0 Å². The number of nitrogens with zero attached hydrogens (tertiary/aromatic N) is 2. The third-order valence-electron chi connectivity index (χ3n) is 4.78. The maximum atomic E-state index is 13.7. The van der Waals surface area contributed by atoms with Gasteiger partial charge in [0, 0.05) is 19.4 Å². The Hall–Kier alpha value is -3.55. The largest absolute Gasteiger partial charge is 0.322 e. The molecule has 6 nitrogen and oxygen atoms in total. The highest BCUT2D eigenvalue weighted by molar-refractivity contribution is 5.89.